The quantitative estimate of drug-likeness (QED) is 0.884. The van der Waals surface area contributed by atoms with Crippen LogP contribution in [0.25, 0.3) is 0 Å². The summed E-state index contributed by atoms with van der Waals surface area (Å²) in [5.74, 6) is 0. The van der Waals surface area contributed by atoms with Gasteiger partial charge in [0.1, 0.15) is 4.90 Å². The minimum atomic E-state index is -3.80. The van der Waals surface area contributed by atoms with E-state index in [4.69, 9.17) is 40.5 Å². The number of sulfonamides is 1. The summed E-state index contributed by atoms with van der Waals surface area (Å²) in [6.45, 7) is 2.23. The average Bonchev–Trinajstić information content (AvgIpc) is 2.37. The molecule has 1 fully saturated rings. The Kier molecular flexibility index (Phi) is 5.45. The number of rotatable bonds is 3. The third-order valence-electron chi connectivity index (χ3n) is 3.63. The van der Waals surface area contributed by atoms with Crippen LogP contribution in [0.2, 0.25) is 15.1 Å². The summed E-state index contributed by atoms with van der Waals surface area (Å²) in [7, 11) is -3.80. The average molecular weight is 372 g/mol. The lowest BCUT2D eigenvalue weighted by Gasteiger charge is -2.37. The number of benzene rings is 1. The molecule has 2 atom stereocenters. The molecule has 2 unspecified atom stereocenters. The molecule has 4 nitrogen and oxygen atoms in total. The molecule has 21 heavy (non-hydrogen) atoms. The molecule has 1 heterocycles. The van der Waals surface area contributed by atoms with Crippen LogP contribution in [0.5, 0.6) is 0 Å². The van der Waals surface area contributed by atoms with E-state index in [-0.39, 0.29) is 27.0 Å². The third kappa shape index (κ3) is 3.49. The number of nitrogens with two attached hydrogens (primary N) is 1. The molecule has 118 valence electrons. The second-order valence-electron chi connectivity index (χ2n) is 5.24. The summed E-state index contributed by atoms with van der Waals surface area (Å²) in [5, 5.41) is 0.356. The zero-order chi connectivity index (χ0) is 15.8. The van der Waals surface area contributed by atoms with Gasteiger partial charge in [0.15, 0.2) is 0 Å². The van der Waals surface area contributed by atoms with Crippen LogP contribution < -0.4 is 5.73 Å². The number of halogens is 3. The molecular formula is C13H17Cl3N2O2S. The Morgan fingerprint density at radius 1 is 1.24 bits per heavy atom. The summed E-state index contributed by atoms with van der Waals surface area (Å²) in [4.78, 5) is -0.0946. The number of nitrogens with zero attached hydrogens (tertiary/aromatic N) is 1. The van der Waals surface area contributed by atoms with Crippen LogP contribution in [-0.2, 0) is 10.0 Å². The third-order valence-corrected chi connectivity index (χ3v) is 6.70. The van der Waals surface area contributed by atoms with Crippen LogP contribution >= 0.6 is 34.8 Å². The maximum Gasteiger partial charge on any atom is 0.246 e. The fourth-order valence-electron chi connectivity index (χ4n) is 2.65. The minimum Gasteiger partial charge on any atom is -0.326 e. The summed E-state index contributed by atoms with van der Waals surface area (Å²) in [6.07, 6.45) is 2.49. The molecule has 1 saturated heterocycles. The van der Waals surface area contributed by atoms with Gasteiger partial charge < -0.3 is 5.73 Å². The van der Waals surface area contributed by atoms with Gasteiger partial charge in [-0.2, -0.15) is 4.31 Å². The smallest absolute Gasteiger partial charge is 0.246 e. The monoisotopic (exact) mass is 370 g/mol. The number of hydrogen-bond acceptors (Lipinski definition) is 3. The largest absolute Gasteiger partial charge is 0.326 e. The maximum atomic E-state index is 12.9. The van der Waals surface area contributed by atoms with E-state index in [1.807, 2.05) is 6.92 Å². The van der Waals surface area contributed by atoms with Crippen LogP contribution in [0, 0.1) is 0 Å². The number of hydrogen-bond donors (Lipinski definition) is 1. The molecule has 8 heteroatoms. The second kappa shape index (κ2) is 6.60. The molecule has 2 rings (SSSR count). The van der Waals surface area contributed by atoms with Gasteiger partial charge in [-0.15, -0.1) is 0 Å². The molecule has 1 aromatic rings. The highest BCUT2D eigenvalue weighted by Gasteiger charge is 2.37. The van der Waals surface area contributed by atoms with Crippen molar-refractivity contribution in [3.63, 3.8) is 0 Å². The van der Waals surface area contributed by atoms with Crippen molar-refractivity contribution in [2.45, 2.75) is 43.2 Å². The summed E-state index contributed by atoms with van der Waals surface area (Å²) < 4.78 is 27.2. The van der Waals surface area contributed by atoms with Crippen molar-refractivity contribution in [2.24, 2.45) is 5.73 Å². The molecule has 0 bridgehead atoms. The van der Waals surface area contributed by atoms with Gasteiger partial charge in [0.05, 0.1) is 10.0 Å². The zero-order valence-electron chi connectivity index (χ0n) is 11.5. The Hall–Kier alpha value is -0.0400. The van der Waals surface area contributed by atoms with Gasteiger partial charge in [0.25, 0.3) is 0 Å². The molecule has 1 aliphatic heterocycles. The fourth-order valence-corrected chi connectivity index (χ4v) is 5.92. The van der Waals surface area contributed by atoms with Crippen molar-refractivity contribution in [3.05, 3.63) is 27.2 Å². The van der Waals surface area contributed by atoms with E-state index in [0.29, 0.717) is 11.6 Å². The molecule has 0 spiro atoms. The van der Waals surface area contributed by atoms with Crippen molar-refractivity contribution in [1.82, 2.24) is 4.31 Å². The van der Waals surface area contributed by atoms with E-state index in [1.54, 1.807) is 0 Å². The van der Waals surface area contributed by atoms with Crippen LogP contribution in [-0.4, -0.2) is 31.4 Å². The van der Waals surface area contributed by atoms with E-state index >= 15 is 0 Å². The Labute approximate surface area is 140 Å². The number of piperidine rings is 1. The van der Waals surface area contributed by atoms with Gasteiger partial charge in [-0.25, -0.2) is 8.42 Å². The van der Waals surface area contributed by atoms with Crippen LogP contribution in [0.1, 0.15) is 26.2 Å². The highest BCUT2D eigenvalue weighted by atomic mass is 35.5. The zero-order valence-corrected chi connectivity index (χ0v) is 14.6. The van der Waals surface area contributed by atoms with Gasteiger partial charge in [-0.3, -0.25) is 0 Å². The Morgan fingerprint density at radius 2 is 1.81 bits per heavy atom. The molecule has 0 aromatic heterocycles. The van der Waals surface area contributed by atoms with Crippen molar-refractivity contribution < 1.29 is 8.42 Å². The van der Waals surface area contributed by atoms with Gasteiger partial charge in [-0.05, 0) is 31.9 Å². The molecule has 0 saturated carbocycles. The standard InChI is InChI=1S/C13H17Cl3N2O2S/c1-8(17)12-4-2-3-5-18(12)21(19,20)13-10(15)6-9(14)7-11(13)16/h6-8,12H,2-5,17H2,1H3. The van der Waals surface area contributed by atoms with E-state index in [9.17, 15) is 8.42 Å². The second-order valence-corrected chi connectivity index (χ2v) is 8.31. The molecule has 1 aromatic carbocycles. The lowest BCUT2D eigenvalue weighted by atomic mass is 10.00. The Balaban J connectivity index is 2.51. The SMILES string of the molecule is CC(N)C1CCCCN1S(=O)(=O)c1c(Cl)cc(Cl)cc1Cl. The molecular weight excluding hydrogens is 355 g/mol. The highest BCUT2D eigenvalue weighted by Crippen LogP contribution is 2.36. The Morgan fingerprint density at radius 3 is 2.33 bits per heavy atom. The predicted molar refractivity (Wildman–Crippen MR) is 86.7 cm³/mol. The first kappa shape index (κ1) is 17.3. The van der Waals surface area contributed by atoms with Gasteiger partial charge in [0, 0.05) is 23.7 Å². The minimum absolute atomic E-state index is 0.0292. The normalized spacial score (nSPS) is 22.2. The van der Waals surface area contributed by atoms with Gasteiger partial charge in [0.2, 0.25) is 10.0 Å². The first-order valence-electron chi connectivity index (χ1n) is 6.67. The lowest BCUT2D eigenvalue weighted by molar-refractivity contribution is 0.227. The van der Waals surface area contributed by atoms with Gasteiger partial charge in [-0.1, -0.05) is 41.2 Å². The first-order chi connectivity index (χ1) is 9.75. The van der Waals surface area contributed by atoms with Crippen molar-refractivity contribution >= 4 is 44.8 Å². The van der Waals surface area contributed by atoms with Crippen molar-refractivity contribution in [2.75, 3.05) is 6.54 Å². The summed E-state index contributed by atoms with van der Waals surface area (Å²) >= 11 is 18.0. The van der Waals surface area contributed by atoms with E-state index in [0.717, 1.165) is 19.3 Å². The molecule has 0 amide bonds. The first-order valence-corrected chi connectivity index (χ1v) is 9.24. The van der Waals surface area contributed by atoms with E-state index < -0.39 is 10.0 Å². The lowest BCUT2D eigenvalue weighted by Crippen LogP contribution is -2.51. The maximum absolute atomic E-state index is 12.9. The van der Waals surface area contributed by atoms with Crippen LogP contribution in [0.15, 0.2) is 17.0 Å². The van der Waals surface area contributed by atoms with Crippen LogP contribution in [0.4, 0.5) is 0 Å². The van der Waals surface area contributed by atoms with Crippen LogP contribution in [0.3, 0.4) is 0 Å². The fraction of sp³-hybridized carbons (Fsp3) is 0.538. The molecule has 2 N–H and O–H groups in total. The molecule has 1 aliphatic rings. The van der Waals surface area contributed by atoms with E-state index in [2.05, 4.69) is 0 Å². The summed E-state index contributed by atoms with van der Waals surface area (Å²) in [5.41, 5.74) is 5.94. The highest BCUT2D eigenvalue weighted by molar-refractivity contribution is 7.89. The summed E-state index contributed by atoms with van der Waals surface area (Å²) in [6, 6.07) is 2.26. The molecule has 0 aliphatic carbocycles. The van der Waals surface area contributed by atoms with Crippen molar-refractivity contribution in [1.29, 1.82) is 0 Å². The van der Waals surface area contributed by atoms with Crippen molar-refractivity contribution in [3.8, 4) is 0 Å². The van der Waals surface area contributed by atoms with Gasteiger partial charge >= 0.3 is 0 Å². The topological polar surface area (TPSA) is 63.4 Å². The van der Waals surface area contributed by atoms with E-state index in [1.165, 1.54) is 16.4 Å². The predicted octanol–water partition coefficient (Wildman–Crippen LogP) is 3.54. The Bertz CT molecular complexity index is 611. The molecule has 0 radical (unpaired) electrons.